The molecule has 0 spiro atoms. The molecule has 0 aliphatic carbocycles. The second kappa shape index (κ2) is 7.12. The number of aryl methyl sites for hydroxylation is 1. The number of esters is 1. The average Bonchev–Trinajstić information content (AvgIpc) is 2.96. The highest BCUT2D eigenvalue weighted by Crippen LogP contribution is 2.22. The van der Waals surface area contributed by atoms with Crippen molar-refractivity contribution in [1.82, 2.24) is 9.71 Å². The maximum absolute atomic E-state index is 12.5. The summed E-state index contributed by atoms with van der Waals surface area (Å²) in [4.78, 5) is 27.0. The fourth-order valence-corrected chi connectivity index (χ4v) is 3.56. The lowest BCUT2D eigenvalue weighted by atomic mass is 10.1. The Morgan fingerprint density at radius 2 is 1.70 bits per heavy atom. The fraction of sp³-hybridized carbons (Fsp3) is 0.111. The number of aromatic nitrogens is 1. The van der Waals surface area contributed by atoms with Crippen molar-refractivity contribution in [2.24, 2.45) is 0 Å². The number of rotatable bonds is 5. The second-order valence-electron chi connectivity index (χ2n) is 5.78. The van der Waals surface area contributed by atoms with Crippen LogP contribution in [0.1, 0.15) is 26.4 Å². The molecule has 0 radical (unpaired) electrons. The summed E-state index contributed by atoms with van der Waals surface area (Å²) < 4.78 is 33.4. The van der Waals surface area contributed by atoms with Gasteiger partial charge in [-0.05, 0) is 37.3 Å². The summed E-state index contributed by atoms with van der Waals surface area (Å²) in [5.41, 5.74) is 2.03. The molecule has 0 bridgehead atoms. The molecule has 0 unspecified atom stereocenters. The van der Waals surface area contributed by atoms with Gasteiger partial charge in [-0.2, -0.15) is 8.42 Å². The Hall–Kier alpha value is -3.33. The summed E-state index contributed by atoms with van der Waals surface area (Å²) >= 11 is 0. The van der Waals surface area contributed by atoms with E-state index in [0.29, 0.717) is 11.1 Å². The van der Waals surface area contributed by atoms with Crippen molar-refractivity contribution in [2.75, 3.05) is 11.8 Å². The maximum atomic E-state index is 12.5. The number of para-hydroxylation sites is 1. The molecular formula is C18H17N3O5S. The molecule has 8 nitrogen and oxygen atoms in total. The number of H-pyrrole nitrogens is 1. The lowest BCUT2D eigenvalue weighted by molar-refractivity contribution is 0.0600. The normalized spacial score (nSPS) is 11.2. The standard InChI is InChI=1S/C18H17N3O5S/c1-11-16(14-5-3-4-6-15(14)19-11)17(22)21-27(24,25)20-13-9-7-12(8-10-13)18(23)26-2/h3-10,19-20H,1-2H3,(H,21,22). The van der Waals surface area contributed by atoms with Crippen molar-refractivity contribution in [3.63, 3.8) is 0 Å². The Morgan fingerprint density at radius 3 is 2.37 bits per heavy atom. The van der Waals surface area contributed by atoms with Crippen molar-refractivity contribution in [1.29, 1.82) is 0 Å². The van der Waals surface area contributed by atoms with Gasteiger partial charge in [0, 0.05) is 16.6 Å². The maximum Gasteiger partial charge on any atom is 0.337 e. The summed E-state index contributed by atoms with van der Waals surface area (Å²) in [6.45, 7) is 1.69. The van der Waals surface area contributed by atoms with Gasteiger partial charge < -0.3 is 9.72 Å². The van der Waals surface area contributed by atoms with E-state index in [0.717, 1.165) is 5.52 Å². The molecule has 1 heterocycles. The third-order valence-electron chi connectivity index (χ3n) is 3.91. The summed E-state index contributed by atoms with van der Waals surface area (Å²) in [5.74, 6) is -1.28. The number of amides is 1. The van der Waals surface area contributed by atoms with Crippen molar-refractivity contribution in [2.45, 2.75) is 6.92 Å². The van der Waals surface area contributed by atoms with Crippen molar-refractivity contribution in [3.8, 4) is 0 Å². The van der Waals surface area contributed by atoms with Crippen LogP contribution in [0.3, 0.4) is 0 Å². The number of carbonyl (C=O) groups excluding carboxylic acids is 2. The number of carbonyl (C=O) groups is 2. The number of anilines is 1. The summed E-state index contributed by atoms with van der Waals surface area (Å²) in [5, 5.41) is 0.630. The van der Waals surface area contributed by atoms with E-state index in [9.17, 15) is 18.0 Å². The van der Waals surface area contributed by atoms with E-state index in [1.807, 2.05) is 10.8 Å². The largest absolute Gasteiger partial charge is 0.465 e. The summed E-state index contributed by atoms with van der Waals surface area (Å²) in [6, 6.07) is 12.7. The number of methoxy groups -OCH3 is 1. The van der Waals surface area contributed by atoms with Gasteiger partial charge in [-0.3, -0.25) is 9.52 Å². The minimum atomic E-state index is -4.16. The molecule has 27 heavy (non-hydrogen) atoms. The van der Waals surface area contributed by atoms with Crippen molar-refractivity contribution >= 4 is 38.7 Å². The fourth-order valence-electron chi connectivity index (χ4n) is 2.72. The van der Waals surface area contributed by atoms with E-state index < -0.39 is 22.1 Å². The van der Waals surface area contributed by atoms with E-state index in [-0.39, 0.29) is 16.8 Å². The van der Waals surface area contributed by atoms with Crippen LogP contribution in [-0.4, -0.2) is 32.4 Å². The van der Waals surface area contributed by atoms with E-state index in [2.05, 4.69) is 14.4 Å². The molecule has 0 aliphatic rings. The predicted molar refractivity (Wildman–Crippen MR) is 101 cm³/mol. The number of nitrogens with one attached hydrogen (secondary N) is 3. The Kier molecular flexibility index (Phi) is 4.87. The number of ether oxygens (including phenoxy) is 1. The Balaban J connectivity index is 1.78. The lowest BCUT2D eigenvalue weighted by Gasteiger charge is -2.10. The van der Waals surface area contributed by atoms with E-state index in [4.69, 9.17) is 0 Å². The molecule has 140 valence electrons. The van der Waals surface area contributed by atoms with E-state index in [1.54, 1.807) is 25.1 Å². The third kappa shape index (κ3) is 3.93. The van der Waals surface area contributed by atoms with Gasteiger partial charge in [-0.15, -0.1) is 0 Å². The minimum absolute atomic E-state index is 0.193. The van der Waals surface area contributed by atoms with Crippen LogP contribution in [0, 0.1) is 6.92 Å². The zero-order valence-electron chi connectivity index (χ0n) is 14.6. The van der Waals surface area contributed by atoms with Crippen LogP contribution < -0.4 is 9.44 Å². The number of hydrogen-bond donors (Lipinski definition) is 3. The first-order valence-electron chi connectivity index (χ1n) is 7.91. The molecule has 9 heteroatoms. The van der Waals surface area contributed by atoms with Crippen LogP contribution in [-0.2, 0) is 14.9 Å². The summed E-state index contributed by atoms with van der Waals surface area (Å²) in [7, 11) is -2.91. The highest BCUT2D eigenvalue weighted by atomic mass is 32.2. The zero-order valence-corrected chi connectivity index (χ0v) is 15.4. The van der Waals surface area contributed by atoms with Gasteiger partial charge in [0.1, 0.15) is 0 Å². The molecule has 0 aliphatic heterocycles. The first kappa shape index (κ1) is 18.5. The van der Waals surface area contributed by atoms with Gasteiger partial charge in [0.15, 0.2) is 0 Å². The Morgan fingerprint density at radius 1 is 1.04 bits per heavy atom. The van der Waals surface area contributed by atoms with Gasteiger partial charge >= 0.3 is 16.2 Å². The highest BCUT2D eigenvalue weighted by molar-refractivity contribution is 7.91. The van der Waals surface area contributed by atoms with Crippen molar-refractivity contribution in [3.05, 3.63) is 65.4 Å². The average molecular weight is 387 g/mol. The summed E-state index contributed by atoms with van der Waals surface area (Å²) in [6.07, 6.45) is 0. The SMILES string of the molecule is COC(=O)c1ccc(NS(=O)(=O)NC(=O)c2c(C)[nH]c3ccccc23)cc1. The zero-order chi connectivity index (χ0) is 19.6. The monoisotopic (exact) mass is 387 g/mol. The molecular weight excluding hydrogens is 370 g/mol. The third-order valence-corrected chi connectivity index (χ3v) is 4.86. The molecule has 1 amide bonds. The smallest absolute Gasteiger partial charge is 0.337 e. The second-order valence-corrected chi connectivity index (χ2v) is 7.19. The molecule has 3 rings (SSSR count). The van der Waals surface area contributed by atoms with Crippen LogP contribution >= 0.6 is 0 Å². The van der Waals surface area contributed by atoms with Crippen LogP contribution in [0.15, 0.2) is 48.5 Å². The van der Waals surface area contributed by atoms with Gasteiger partial charge in [0.25, 0.3) is 5.91 Å². The molecule has 2 aromatic carbocycles. The molecule has 0 fully saturated rings. The van der Waals surface area contributed by atoms with Gasteiger partial charge in [-0.1, -0.05) is 18.2 Å². The van der Waals surface area contributed by atoms with Crippen molar-refractivity contribution < 1.29 is 22.7 Å². The first-order chi connectivity index (χ1) is 12.8. The van der Waals surface area contributed by atoms with Gasteiger partial charge in [0.2, 0.25) is 0 Å². The van der Waals surface area contributed by atoms with Crippen LogP contribution in [0.4, 0.5) is 5.69 Å². The minimum Gasteiger partial charge on any atom is -0.465 e. The quantitative estimate of drug-likeness (QED) is 0.581. The van der Waals surface area contributed by atoms with Crippen LogP contribution in [0.2, 0.25) is 0 Å². The van der Waals surface area contributed by atoms with Gasteiger partial charge in [-0.25, -0.2) is 9.52 Å². The molecule has 3 aromatic rings. The van der Waals surface area contributed by atoms with E-state index >= 15 is 0 Å². The van der Waals surface area contributed by atoms with E-state index in [1.165, 1.54) is 31.4 Å². The predicted octanol–water partition coefficient (Wildman–Crippen LogP) is 2.35. The molecule has 0 saturated carbocycles. The number of fused-ring (bicyclic) bond motifs is 1. The molecule has 1 aromatic heterocycles. The molecule has 3 N–H and O–H groups in total. The number of benzene rings is 2. The molecule has 0 atom stereocenters. The highest BCUT2D eigenvalue weighted by Gasteiger charge is 2.21. The number of aromatic amines is 1. The number of hydrogen-bond acceptors (Lipinski definition) is 5. The molecule has 0 saturated heterocycles. The first-order valence-corrected chi connectivity index (χ1v) is 9.39. The Labute approximate surface area is 155 Å². The van der Waals surface area contributed by atoms with Gasteiger partial charge in [0.05, 0.1) is 23.9 Å². The van der Waals surface area contributed by atoms with Crippen LogP contribution in [0.25, 0.3) is 10.9 Å². The topological polar surface area (TPSA) is 117 Å². The Bertz CT molecular complexity index is 1120. The van der Waals surface area contributed by atoms with Crippen LogP contribution in [0.5, 0.6) is 0 Å². The lowest BCUT2D eigenvalue weighted by Crippen LogP contribution is -2.35.